The Bertz CT molecular complexity index is 118. The van der Waals surface area contributed by atoms with E-state index in [2.05, 4.69) is 0 Å². The van der Waals surface area contributed by atoms with Crippen LogP contribution in [0.2, 0.25) is 0 Å². The fourth-order valence-corrected chi connectivity index (χ4v) is 1.25. The number of alkyl halides is 1. The van der Waals surface area contributed by atoms with E-state index >= 15 is 0 Å². The molecule has 0 spiro atoms. The van der Waals surface area contributed by atoms with Crippen molar-refractivity contribution in [3.05, 3.63) is 0 Å². The fraction of sp³-hybridized carbons (Fsp3) is 1.00. The lowest BCUT2D eigenvalue weighted by Crippen LogP contribution is -2.27. The van der Waals surface area contributed by atoms with Crippen LogP contribution < -0.4 is 0 Å². The van der Waals surface area contributed by atoms with Crippen LogP contribution in [-0.4, -0.2) is 29.6 Å². The van der Waals surface area contributed by atoms with Gasteiger partial charge in [0.2, 0.25) is 0 Å². The van der Waals surface area contributed by atoms with Crippen LogP contribution in [0, 0.1) is 0 Å². The molecule has 2 nitrogen and oxygen atoms in total. The van der Waals surface area contributed by atoms with E-state index in [1.54, 1.807) is 6.92 Å². The Morgan fingerprint density at radius 2 is 2.20 bits per heavy atom. The summed E-state index contributed by atoms with van der Waals surface area (Å²) in [6.07, 6.45) is -2.19. The lowest BCUT2D eigenvalue weighted by molar-refractivity contribution is 0.0144. The molecule has 0 amide bonds. The van der Waals surface area contributed by atoms with Crippen molar-refractivity contribution in [1.82, 2.24) is 0 Å². The number of hydrogen-bond donors (Lipinski definition) is 1. The summed E-state index contributed by atoms with van der Waals surface area (Å²) in [6, 6.07) is 0. The van der Waals surface area contributed by atoms with Crippen molar-refractivity contribution >= 4 is 0 Å². The minimum atomic E-state index is -1.20. The third-order valence-electron chi connectivity index (χ3n) is 1.95. The molecule has 60 valence electrons. The van der Waals surface area contributed by atoms with Gasteiger partial charge >= 0.3 is 0 Å². The molecule has 0 aromatic carbocycles. The summed E-state index contributed by atoms with van der Waals surface area (Å²) < 4.78 is 17.9. The van der Waals surface area contributed by atoms with Gasteiger partial charge in [0, 0.05) is 0 Å². The lowest BCUT2D eigenvalue weighted by atomic mass is 10.1. The highest BCUT2D eigenvalue weighted by Crippen LogP contribution is 2.25. The molecule has 1 N–H and O–H groups in total. The Kier molecular flexibility index (Phi) is 2.26. The molecule has 10 heavy (non-hydrogen) atoms. The summed E-state index contributed by atoms with van der Waals surface area (Å²) in [5.41, 5.74) is 0. The number of ether oxygens (including phenoxy) is 1. The minimum absolute atomic E-state index is 0.301. The van der Waals surface area contributed by atoms with E-state index < -0.39 is 18.4 Å². The molecule has 0 radical (unpaired) electrons. The van der Waals surface area contributed by atoms with Gasteiger partial charge in [-0.25, -0.2) is 4.39 Å². The van der Waals surface area contributed by atoms with Crippen molar-refractivity contribution in [2.24, 2.45) is 0 Å². The zero-order valence-corrected chi connectivity index (χ0v) is 6.25. The predicted molar refractivity (Wildman–Crippen MR) is 35.5 cm³/mol. The number of aliphatic hydroxyl groups excluding tert-OH is 1. The average Bonchev–Trinajstić information content (AvgIpc) is 2.17. The van der Waals surface area contributed by atoms with E-state index in [4.69, 9.17) is 9.84 Å². The second-order valence-electron chi connectivity index (χ2n) is 2.72. The molecule has 1 fully saturated rings. The van der Waals surface area contributed by atoms with Crippen LogP contribution in [0.5, 0.6) is 0 Å². The third kappa shape index (κ3) is 1.16. The molecule has 1 unspecified atom stereocenters. The van der Waals surface area contributed by atoms with Crippen LogP contribution in [0.4, 0.5) is 4.39 Å². The van der Waals surface area contributed by atoms with Crippen LogP contribution in [0.1, 0.15) is 20.3 Å². The summed E-state index contributed by atoms with van der Waals surface area (Å²) in [7, 11) is 0. The number of hydrogen-bond acceptors (Lipinski definition) is 2. The molecule has 1 aliphatic heterocycles. The zero-order valence-electron chi connectivity index (χ0n) is 6.25. The van der Waals surface area contributed by atoms with Crippen molar-refractivity contribution in [2.75, 3.05) is 0 Å². The zero-order chi connectivity index (χ0) is 7.72. The second-order valence-corrected chi connectivity index (χ2v) is 2.72. The number of aliphatic hydroxyl groups is 1. The van der Waals surface area contributed by atoms with Crippen LogP contribution >= 0.6 is 0 Å². The highest BCUT2D eigenvalue weighted by molar-refractivity contribution is 4.87. The van der Waals surface area contributed by atoms with Gasteiger partial charge in [0.25, 0.3) is 0 Å². The summed E-state index contributed by atoms with van der Waals surface area (Å²) in [5, 5.41) is 9.13. The Morgan fingerprint density at radius 1 is 1.60 bits per heavy atom. The fourth-order valence-electron chi connectivity index (χ4n) is 1.25. The van der Waals surface area contributed by atoms with Crippen molar-refractivity contribution in [3.8, 4) is 0 Å². The quantitative estimate of drug-likeness (QED) is 0.598. The Labute approximate surface area is 60.0 Å². The lowest BCUT2D eigenvalue weighted by Gasteiger charge is -2.09. The van der Waals surface area contributed by atoms with Crippen LogP contribution in [0.3, 0.4) is 0 Å². The Balaban J connectivity index is 2.53. The van der Waals surface area contributed by atoms with E-state index in [0.717, 1.165) is 0 Å². The molecule has 0 bridgehead atoms. The van der Waals surface area contributed by atoms with Gasteiger partial charge in [-0.2, -0.15) is 0 Å². The molecule has 1 aliphatic rings. The van der Waals surface area contributed by atoms with Crippen molar-refractivity contribution < 1.29 is 14.2 Å². The largest absolute Gasteiger partial charge is 0.387 e. The first-order valence-corrected chi connectivity index (χ1v) is 3.64. The first kappa shape index (κ1) is 7.95. The van der Waals surface area contributed by atoms with Gasteiger partial charge in [-0.15, -0.1) is 0 Å². The highest BCUT2D eigenvalue weighted by Gasteiger charge is 2.40. The molecule has 1 saturated heterocycles. The van der Waals surface area contributed by atoms with E-state index in [9.17, 15) is 4.39 Å². The van der Waals surface area contributed by atoms with Gasteiger partial charge in [-0.3, -0.25) is 0 Å². The van der Waals surface area contributed by atoms with Crippen molar-refractivity contribution in [1.29, 1.82) is 0 Å². The smallest absolute Gasteiger partial charge is 0.154 e. The second kappa shape index (κ2) is 2.84. The maximum absolute atomic E-state index is 12.8. The van der Waals surface area contributed by atoms with Crippen LogP contribution in [-0.2, 0) is 4.74 Å². The van der Waals surface area contributed by atoms with Gasteiger partial charge in [0.1, 0.15) is 6.10 Å². The summed E-state index contributed by atoms with van der Waals surface area (Å²) >= 11 is 0. The number of halogens is 1. The van der Waals surface area contributed by atoms with Gasteiger partial charge in [0.05, 0.1) is 12.2 Å². The minimum Gasteiger partial charge on any atom is -0.387 e. The average molecular weight is 148 g/mol. The molecule has 0 aromatic rings. The first-order valence-electron chi connectivity index (χ1n) is 3.64. The Morgan fingerprint density at radius 3 is 2.40 bits per heavy atom. The normalized spacial score (nSPS) is 48.0. The summed E-state index contributed by atoms with van der Waals surface area (Å²) in [4.78, 5) is 0. The highest BCUT2D eigenvalue weighted by atomic mass is 19.1. The Hall–Kier alpha value is -0.150. The van der Waals surface area contributed by atoms with Crippen LogP contribution in [0.15, 0.2) is 0 Å². The van der Waals surface area contributed by atoms with Gasteiger partial charge in [-0.05, 0) is 13.3 Å². The van der Waals surface area contributed by atoms with Gasteiger partial charge in [0.15, 0.2) is 6.17 Å². The van der Waals surface area contributed by atoms with Gasteiger partial charge in [-0.1, -0.05) is 6.92 Å². The molecule has 3 heteroatoms. The van der Waals surface area contributed by atoms with E-state index in [1.807, 2.05) is 6.92 Å². The SMILES string of the molecule is CC[C@H]1O[C@@H](C)[C@@H](F)C1O. The van der Waals surface area contributed by atoms with Crippen molar-refractivity contribution in [2.45, 2.75) is 44.8 Å². The molecule has 0 aromatic heterocycles. The molecule has 0 saturated carbocycles. The summed E-state index contributed by atoms with van der Waals surface area (Å²) in [5.74, 6) is 0. The van der Waals surface area contributed by atoms with E-state index in [1.165, 1.54) is 0 Å². The molecule has 1 rings (SSSR count). The van der Waals surface area contributed by atoms with Gasteiger partial charge < -0.3 is 9.84 Å². The van der Waals surface area contributed by atoms with E-state index in [-0.39, 0.29) is 6.10 Å². The molecule has 1 heterocycles. The standard InChI is InChI=1S/C7H13FO2/c1-3-5-7(9)6(8)4(2)10-5/h4-7,9H,3H2,1-2H3/t4-,5+,6+,7?/m0/s1. The molecular weight excluding hydrogens is 135 g/mol. The first-order chi connectivity index (χ1) is 4.66. The third-order valence-corrected chi connectivity index (χ3v) is 1.95. The van der Waals surface area contributed by atoms with Crippen molar-refractivity contribution in [3.63, 3.8) is 0 Å². The van der Waals surface area contributed by atoms with Crippen LogP contribution in [0.25, 0.3) is 0 Å². The maximum atomic E-state index is 12.8. The topological polar surface area (TPSA) is 29.5 Å². The molecule has 4 atom stereocenters. The molecular formula is C7H13FO2. The number of rotatable bonds is 1. The predicted octanol–water partition coefficient (Wildman–Crippen LogP) is 0.883. The maximum Gasteiger partial charge on any atom is 0.154 e. The molecule has 0 aliphatic carbocycles. The summed E-state index contributed by atoms with van der Waals surface area (Å²) in [6.45, 7) is 3.52. The van der Waals surface area contributed by atoms with E-state index in [0.29, 0.717) is 6.42 Å². The monoisotopic (exact) mass is 148 g/mol.